The van der Waals surface area contributed by atoms with Crippen LogP contribution in [-0.4, -0.2) is 229 Å². The standard InChI is InChI=1S/C25H26FN7O2.C25H29N7O2.C25H27N7O2.C23H27N7O/c1-14-25(34)30(2)13-21-23(28-24(33(14)21)15-5-7-35-8-6-15)17-9-18-20(10-19(17)26)32(4)29-22(18)16-11-27-31(3)12-16;2*1-15-25(33)29(2)14-21-23(27-24(32(15)21)16-7-9-34-10-8-16)17-5-6-20-19(11-17)22(28-31(20)4)18-12-26-30(3)13-18;1-14-9-18-17(25-21(14)16-10-24-28(3)11-16)5-4-8-29(18)23-19-12-27(2)20(31)13-30(19)22(26-23)15-6-7-15/h5,9-12,14H,6-8,13H2,1-4H3;5-6,11-13,15-16H,7-10,14H2,1-4H3;5-7,11-13,15H,8-10,14H2,1-4H3;9-11,15H,4-8,12-13H2,1-3H3. The number of amides is 4. The van der Waals surface area contributed by atoms with Crippen molar-refractivity contribution >= 4 is 79.0 Å². The molecule has 3 unspecified atom stereocenters. The summed E-state index contributed by atoms with van der Waals surface area (Å²) in [7, 11) is 20.7. The molecule has 0 radical (unpaired) electrons. The molecule has 9 aliphatic rings. The van der Waals surface area contributed by atoms with Crippen LogP contribution >= 0.6 is 0 Å². The fourth-order valence-electron chi connectivity index (χ4n) is 20.6. The number of likely N-dealkylation sites (N-methyl/N-ethyl adjacent to an activating group) is 4. The van der Waals surface area contributed by atoms with E-state index in [1.54, 1.807) is 48.8 Å². The molecular formula is C98H109FN28O7. The van der Waals surface area contributed by atoms with Gasteiger partial charge in [0, 0.05) is 195 Å². The third-order valence-corrected chi connectivity index (χ3v) is 27.8. The summed E-state index contributed by atoms with van der Waals surface area (Å²) in [5.74, 6) is 5.54. The maximum Gasteiger partial charge on any atom is 0.245 e. The molecule has 3 atom stereocenters. The second kappa shape index (κ2) is 34.2. The number of aromatic nitrogens is 23. The number of ether oxygens (including phenoxy) is 3. The highest BCUT2D eigenvalue weighted by molar-refractivity contribution is 5.99. The fourth-order valence-corrected chi connectivity index (χ4v) is 20.6. The fraction of sp³-hybridized carbons (Fsp3) is 0.408. The highest BCUT2D eigenvalue weighted by Gasteiger charge is 2.42. The molecule has 3 aromatic carbocycles. The molecule has 0 N–H and O–H groups in total. The number of nitrogens with zero attached hydrogens (tertiary/aromatic N) is 28. The van der Waals surface area contributed by atoms with Gasteiger partial charge in [-0.1, -0.05) is 24.3 Å². The third kappa shape index (κ3) is 15.3. The van der Waals surface area contributed by atoms with Gasteiger partial charge in [-0.2, -0.15) is 35.7 Å². The first-order valence-electron chi connectivity index (χ1n) is 46.1. The van der Waals surface area contributed by atoms with E-state index < -0.39 is 6.04 Å². The van der Waals surface area contributed by atoms with Crippen LogP contribution in [0.5, 0.6) is 0 Å². The molecule has 0 spiro atoms. The minimum absolute atomic E-state index is 0.0115. The Morgan fingerprint density at radius 1 is 0.410 bits per heavy atom. The number of carbonyl (C=O) groups is 4. The van der Waals surface area contributed by atoms with Gasteiger partial charge in [0.1, 0.15) is 70.9 Å². The lowest BCUT2D eigenvalue weighted by Gasteiger charge is -2.32. The van der Waals surface area contributed by atoms with Gasteiger partial charge >= 0.3 is 0 Å². The monoisotopic (exact) mass is 1810 g/mol. The first-order valence-corrected chi connectivity index (χ1v) is 46.1. The Kier molecular flexibility index (Phi) is 22.1. The molecule has 134 heavy (non-hydrogen) atoms. The van der Waals surface area contributed by atoms with Crippen LogP contribution in [-0.2, 0) is 122 Å². The lowest BCUT2D eigenvalue weighted by Crippen LogP contribution is -2.40. The summed E-state index contributed by atoms with van der Waals surface area (Å²) in [5.41, 5.74) is 24.8. The second-order valence-corrected chi connectivity index (χ2v) is 37.0. The number of rotatable bonds is 12. The van der Waals surface area contributed by atoms with E-state index in [4.69, 9.17) is 49.3 Å². The van der Waals surface area contributed by atoms with Gasteiger partial charge in [0.25, 0.3) is 0 Å². The van der Waals surface area contributed by atoms with E-state index in [-0.39, 0.29) is 41.5 Å². The number of aryl methyl sites for hydroxylation is 9. The number of imidazole rings is 4. The van der Waals surface area contributed by atoms with Crippen molar-refractivity contribution in [1.82, 2.24) is 131 Å². The lowest BCUT2D eigenvalue weighted by molar-refractivity contribution is -0.136. The predicted molar refractivity (Wildman–Crippen MR) is 503 cm³/mol. The minimum Gasteiger partial charge on any atom is -0.381 e. The van der Waals surface area contributed by atoms with Crippen molar-refractivity contribution in [2.45, 2.75) is 142 Å². The van der Waals surface area contributed by atoms with Crippen molar-refractivity contribution in [3.05, 3.63) is 179 Å². The summed E-state index contributed by atoms with van der Waals surface area (Å²) in [6, 6.07) is 17.4. The number of hydrogen-bond acceptors (Lipinski definition) is 20. The largest absolute Gasteiger partial charge is 0.381 e. The maximum atomic E-state index is 15.7. The average Bonchev–Trinajstić information content (AvgIpc) is 1.58. The number of pyridine rings is 1. The van der Waals surface area contributed by atoms with Crippen molar-refractivity contribution in [3.8, 4) is 78.8 Å². The van der Waals surface area contributed by atoms with Crippen LogP contribution in [0.3, 0.4) is 0 Å². The second-order valence-electron chi connectivity index (χ2n) is 37.0. The Morgan fingerprint density at radius 2 is 0.866 bits per heavy atom. The van der Waals surface area contributed by atoms with Crippen molar-refractivity contribution in [2.24, 2.45) is 49.3 Å². The smallest absolute Gasteiger partial charge is 0.245 e. The quantitative estimate of drug-likeness (QED) is 0.110. The molecule has 12 aromatic heterocycles. The summed E-state index contributed by atoms with van der Waals surface area (Å²) < 4.78 is 53.4. The number of anilines is 2. The van der Waals surface area contributed by atoms with Crippen molar-refractivity contribution in [1.29, 1.82) is 0 Å². The Balaban J connectivity index is 0.000000107. The molecule has 20 heterocycles. The van der Waals surface area contributed by atoms with Crippen LogP contribution in [0.15, 0.2) is 116 Å². The molecule has 24 rings (SSSR count). The number of fused-ring (bicyclic) bond motifs is 8. The van der Waals surface area contributed by atoms with Crippen LogP contribution in [0.1, 0.15) is 153 Å². The number of carbonyl (C=O) groups excluding carboxylic acids is 4. The SMILES string of the molecule is CC1C(=O)N(C)Cc2c(-c3cc4c(-c5cnn(C)c5)nn(C)c4cc3F)nc(C3=CCOCC3)n21.CC1C(=O)N(C)Cc2c(-c3ccc4c(c3)c(-c3cnn(C)c3)nn4C)nc(C3=CCOCC3)n21.CC1C(=O)N(C)Cc2c(-c3ccc4c(c3)c(-c3cnn(C)c3)nn4C)nc(C3CCOCC3)n21.Cc1cc2c(nc1-c1cnn(C)c1)CCCN2c1nc(C2CC2)n2c1CN(C)C(=O)C2. The van der Waals surface area contributed by atoms with Crippen LogP contribution in [0.4, 0.5) is 15.9 Å². The summed E-state index contributed by atoms with van der Waals surface area (Å²) in [5, 5.41) is 34.4. The van der Waals surface area contributed by atoms with Crippen LogP contribution in [0.25, 0.3) is 123 Å². The van der Waals surface area contributed by atoms with Gasteiger partial charge in [0.15, 0.2) is 5.82 Å². The van der Waals surface area contributed by atoms with Crippen LogP contribution in [0, 0.1) is 12.7 Å². The first-order chi connectivity index (χ1) is 64.7. The van der Waals surface area contributed by atoms with E-state index in [2.05, 4.69) is 99.6 Å². The zero-order valence-electron chi connectivity index (χ0n) is 78.3. The molecule has 8 aliphatic heterocycles. The number of hydrogen-bond donors (Lipinski definition) is 0. The Labute approximate surface area is 772 Å². The zero-order chi connectivity index (χ0) is 92.8. The summed E-state index contributed by atoms with van der Waals surface area (Å²) in [4.78, 5) is 85.9. The highest BCUT2D eigenvalue weighted by atomic mass is 19.1. The van der Waals surface area contributed by atoms with Gasteiger partial charge in [-0.3, -0.25) is 56.9 Å². The minimum atomic E-state index is -0.431. The van der Waals surface area contributed by atoms with Crippen LogP contribution in [0.2, 0.25) is 0 Å². The summed E-state index contributed by atoms with van der Waals surface area (Å²) in [6.45, 7) is 15.1. The van der Waals surface area contributed by atoms with Gasteiger partial charge in [-0.25, -0.2) is 24.3 Å². The third-order valence-electron chi connectivity index (χ3n) is 27.8. The molecule has 1 aliphatic carbocycles. The lowest BCUT2D eigenvalue weighted by atomic mass is 9.98. The molecular weight excluding hydrogens is 1700 g/mol. The van der Waals surface area contributed by atoms with E-state index >= 15 is 4.39 Å². The predicted octanol–water partition coefficient (Wildman–Crippen LogP) is 12.7. The number of benzene rings is 3. The van der Waals surface area contributed by atoms with E-state index in [1.807, 2.05) is 168 Å². The van der Waals surface area contributed by atoms with Crippen molar-refractivity contribution in [2.75, 3.05) is 79.3 Å². The molecule has 1 saturated heterocycles. The Bertz CT molecular complexity index is 7310. The normalized spacial score (nSPS) is 18.6. The van der Waals surface area contributed by atoms with Crippen molar-refractivity contribution in [3.63, 3.8) is 0 Å². The summed E-state index contributed by atoms with van der Waals surface area (Å²) >= 11 is 0. The summed E-state index contributed by atoms with van der Waals surface area (Å²) in [6.07, 6.45) is 27.0. The Hall–Kier alpha value is -14.1. The van der Waals surface area contributed by atoms with Gasteiger partial charge < -0.3 is 57.0 Å². The van der Waals surface area contributed by atoms with E-state index in [0.29, 0.717) is 100 Å². The molecule has 15 aromatic rings. The van der Waals surface area contributed by atoms with Gasteiger partial charge in [0.05, 0.1) is 151 Å². The van der Waals surface area contributed by atoms with E-state index in [0.717, 1.165) is 221 Å². The number of halogens is 1. The van der Waals surface area contributed by atoms with E-state index in [9.17, 15) is 19.2 Å². The van der Waals surface area contributed by atoms with Crippen molar-refractivity contribution < 1.29 is 37.8 Å². The van der Waals surface area contributed by atoms with E-state index in [1.165, 1.54) is 18.9 Å². The van der Waals surface area contributed by atoms with Gasteiger partial charge in [0.2, 0.25) is 23.6 Å². The Morgan fingerprint density at radius 3 is 1.36 bits per heavy atom. The highest BCUT2D eigenvalue weighted by Crippen LogP contribution is 2.48. The molecule has 1 saturated carbocycles. The van der Waals surface area contributed by atoms with Gasteiger partial charge in [-0.05, 0) is 132 Å². The molecule has 2 fully saturated rings. The molecule has 0 bridgehead atoms. The maximum absolute atomic E-state index is 15.7. The van der Waals surface area contributed by atoms with Gasteiger partial charge in [-0.15, -0.1) is 0 Å². The molecule has 36 heteroatoms. The average molecular weight is 1810 g/mol. The van der Waals surface area contributed by atoms with Crippen LogP contribution < -0.4 is 4.90 Å². The zero-order valence-corrected chi connectivity index (χ0v) is 78.3. The first kappa shape index (κ1) is 86.6. The molecule has 4 amide bonds. The molecule has 690 valence electrons. The molecule has 35 nitrogen and oxygen atoms in total. The topological polar surface area (TPSA) is 321 Å².